The van der Waals surface area contributed by atoms with Crippen molar-refractivity contribution < 1.29 is 13.9 Å². The van der Waals surface area contributed by atoms with E-state index < -0.39 is 17.7 Å². The lowest BCUT2D eigenvalue weighted by Gasteiger charge is -2.14. The molecule has 2 aromatic rings. The van der Waals surface area contributed by atoms with Gasteiger partial charge in [-0.2, -0.15) is 0 Å². The molecule has 1 heterocycles. The minimum Gasteiger partial charge on any atom is -0.383 e. The Kier molecular flexibility index (Phi) is 3.15. The Balaban J connectivity index is 2.51. The number of aryl methyl sites for hydroxylation is 1. The maximum absolute atomic E-state index is 13.5. The zero-order valence-corrected chi connectivity index (χ0v) is 9.19. The molecule has 2 rings (SSSR count). The molecular formula is C13H11F2NO. The lowest BCUT2D eigenvalue weighted by atomic mass is 9.99. The molecule has 0 saturated heterocycles. The van der Waals surface area contributed by atoms with Gasteiger partial charge in [0.15, 0.2) is 0 Å². The Labute approximate surface area is 97.6 Å². The molecule has 1 aromatic heterocycles. The molecule has 0 amide bonds. The van der Waals surface area contributed by atoms with Gasteiger partial charge in [-0.15, -0.1) is 0 Å². The first kappa shape index (κ1) is 11.7. The maximum Gasteiger partial charge on any atom is 0.132 e. The largest absolute Gasteiger partial charge is 0.383 e. The van der Waals surface area contributed by atoms with Gasteiger partial charge in [-0.05, 0) is 25.1 Å². The average Bonchev–Trinajstić information content (AvgIpc) is 2.29. The van der Waals surface area contributed by atoms with Gasteiger partial charge in [0, 0.05) is 17.5 Å². The van der Waals surface area contributed by atoms with Crippen molar-refractivity contribution in [3.8, 4) is 0 Å². The third kappa shape index (κ3) is 2.17. The molecular weight excluding hydrogens is 224 g/mol. The van der Waals surface area contributed by atoms with E-state index in [0.29, 0.717) is 11.3 Å². The van der Waals surface area contributed by atoms with E-state index in [1.54, 1.807) is 25.3 Å². The van der Waals surface area contributed by atoms with Crippen molar-refractivity contribution in [2.24, 2.45) is 0 Å². The third-order valence-electron chi connectivity index (χ3n) is 2.62. The van der Waals surface area contributed by atoms with Crippen molar-refractivity contribution in [1.29, 1.82) is 0 Å². The van der Waals surface area contributed by atoms with Crippen molar-refractivity contribution in [1.82, 2.24) is 4.98 Å². The van der Waals surface area contributed by atoms with Crippen LogP contribution in [0.3, 0.4) is 0 Å². The summed E-state index contributed by atoms with van der Waals surface area (Å²) in [5.74, 6) is -1.53. The van der Waals surface area contributed by atoms with E-state index in [0.717, 1.165) is 12.1 Å². The second-order valence-electron chi connectivity index (χ2n) is 3.72. The van der Waals surface area contributed by atoms with Gasteiger partial charge >= 0.3 is 0 Å². The number of aliphatic hydroxyl groups is 1. The van der Waals surface area contributed by atoms with Gasteiger partial charge in [-0.25, -0.2) is 8.78 Å². The van der Waals surface area contributed by atoms with Gasteiger partial charge in [0.2, 0.25) is 0 Å². The number of aromatic nitrogens is 1. The number of hydrogen-bond donors (Lipinski definition) is 1. The zero-order chi connectivity index (χ0) is 12.4. The van der Waals surface area contributed by atoms with Gasteiger partial charge in [0.25, 0.3) is 0 Å². The van der Waals surface area contributed by atoms with Crippen LogP contribution in [0.25, 0.3) is 0 Å². The molecule has 4 heteroatoms. The summed E-state index contributed by atoms with van der Waals surface area (Å²) in [6.45, 7) is 1.68. The van der Waals surface area contributed by atoms with Crippen LogP contribution >= 0.6 is 0 Å². The van der Waals surface area contributed by atoms with Gasteiger partial charge < -0.3 is 5.11 Å². The summed E-state index contributed by atoms with van der Waals surface area (Å²) >= 11 is 0. The summed E-state index contributed by atoms with van der Waals surface area (Å²) in [6, 6.07) is 6.71. The van der Waals surface area contributed by atoms with Crippen LogP contribution in [0.2, 0.25) is 0 Å². The van der Waals surface area contributed by atoms with Crippen molar-refractivity contribution in [3.05, 3.63) is 65.0 Å². The fraction of sp³-hybridized carbons (Fsp3) is 0.154. The van der Waals surface area contributed by atoms with Crippen LogP contribution in [-0.2, 0) is 0 Å². The van der Waals surface area contributed by atoms with Crippen LogP contribution in [0.4, 0.5) is 8.78 Å². The van der Waals surface area contributed by atoms with Crippen molar-refractivity contribution in [2.75, 3.05) is 0 Å². The lowest BCUT2D eigenvalue weighted by Crippen LogP contribution is -2.07. The van der Waals surface area contributed by atoms with E-state index in [4.69, 9.17) is 0 Å². The number of pyridine rings is 1. The number of nitrogens with zero attached hydrogens (tertiary/aromatic N) is 1. The molecule has 1 unspecified atom stereocenters. The number of halogens is 2. The standard InChI is InChI=1S/C13H11F2NO/c1-8-9(4-3-7-16-8)13(17)12-10(14)5-2-6-11(12)15/h2-7,13,17H,1H3. The lowest BCUT2D eigenvalue weighted by molar-refractivity contribution is 0.208. The zero-order valence-electron chi connectivity index (χ0n) is 9.19. The van der Waals surface area contributed by atoms with E-state index in [1.807, 2.05) is 0 Å². The second kappa shape index (κ2) is 4.59. The maximum atomic E-state index is 13.5. The van der Waals surface area contributed by atoms with Gasteiger partial charge in [0.1, 0.15) is 17.7 Å². The number of hydrogen-bond acceptors (Lipinski definition) is 2. The fourth-order valence-electron chi connectivity index (χ4n) is 1.71. The highest BCUT2D eigenvalue weighted by atomic mass is 19.1. The van der Waals surface area contributed by atoms with Crippen LogP contribution in [0.1, 0.15) is 22.9 Å². The highest BCUT2D eigenvalue weighted by Gasteiger charge is 2.20. The second-order valence-corrected chi connectivity index (χ2v) is 3.72. The first-order valence-electron chi connectivity index (χ1n) is 5.14. The molecule has 1 atom stereocenters. The molecule has 0 radical (unpaired) electrons. The normalized spacial score (nSPS) is 12.5. The Hall–Kier alpha value is -1.81. The summed E-state index contributed by atoms with van der Waals surface area (Å²) in [4.78, 5) is 3.98. The average molecular weight is 235 g/mol. The first-order valence-corrected chi connectivity index (χ1v) is 5.14. The van der Waals surface area contributed by atoms with E-state index >= 15 is 0 Å². The van der Waals surface area contributed by atoms with Gasteiger partial charge in [-0.1, -0.05) is 12.1 Å². The third-order valence-corrected chi connectivity index (χ3v) is 2.62. The van der Waals surface area contributed by atoms with Gasteiger partial charge in [-0.3, -0.25) is 4.98 Å². The number of benzene rings is 1. The van der Waals surface area contributed by atoms with Crippen LogP contribution in [0, 0.1) is 18.6 Å². The smallest absolute Gasteiger partial charge is 0.132 e. The minimum absolute atomic E-state index is 0.344. The minimum atomic E-state index is -1.34. The predicted molar refractivity (Wildman–Crippen MR) is 59.4 cm³/mol. The van der Waals surface area contributed by atoms with Crippen LogP contribution in [-0.4, -0.2) is 10.1 Å². The quantitative estimate of drug-likeness (QED) is 0.868. The van der Waals surface area contributed by atoms with Crippen LogP contribution in [0.15, 0.2) is 36.5 Å². The van der Waals surface area contributed by atoms with Crippen molar-refractivity contribution in [2.45, 2.75) is 13.0 Å². The Morgan fingerprint density at radius 1 is 1.12 bits per heavy atom. The van der Waals surface area contributed by atoms with E-state index in [1.165, 1.54) is 6.07 Å². The molecule has 0 aliphatic heterocycles. The molecule has 0 bridgehead atoms. The summed E-state index contributed by atoms with van der Waals surface area (Å²) in [5.41, 5.74) is 0.600. The number of aliphatic hydroxyl groups excluding tert-OH is 1. The van der Waals surface area contributed by atoms with Crippen molar-refractivity contribution >= 4 is 0 Å². The molecule has 0 aliphatic rings. The topological polar surface area (TPSA) is 33.1 Å². The van der Waals surface area contributed by atoms with Crippen LogP contribution in [0.5, 0.6) is 0 Å². The van der Waals surface area contributed by atoms with Gasteiger partial charge in [0.05, 0.1) is 5.56 Å². The summed E-state index contributed by atoms with van der Waals surface area (Å²) in [7, 11) is 0. The molecule has 0 saturated carbocycles. The Morgan fingerprint density at radius 3 is 2.35 bits per heavy atom. The monoisotopic (exact) mass is 235 g/mol. The molecule has 0 spiro atoms. The molecule has 2 nitrogen and oxygen atoms in total. The fourth-order valence-corrected chi connectivity index (χ4v) is 1.71. The highest BCUT2D eigenvalue weighted by Crippen LogP contribution is 2.27. The van der Waals surface area contributed by atoms with E-state index in [-0.39, 0.29) is 5.56 Å². The molecule has 17 heavy (non-hydrogen) atoms. The summed E-state index contributed by atoms with van der Waals surface area (Å²) < 4.78 is 27.0. The summed E-state index contributed by atoms with van der Waals surface area (Å²) in [6.07, 6.45) is 0.216. The predicted octanol–water partition coefficient (Wildman–Crippen LogP) is 2.75. The molecule has 1 N–H and O–H groups in total. The highest BCUT2D eigenvalue weighted by molar-refractivity contribution is 5.33. The van der Waals surface area contributed by atoms with Crippen LogP contribution < -0.4 is 0 Å². The molecule has 0 fully saturated rings. The molecule has 1 aromatic carbocycles. The van der Waals surface area contributed by atoms with E-state index in [2.05, 4.69) is 4.98 Å². The van der Waals surface area contributed by atoms with Crippen molar-refractivity contribution in [3.63, 3.8) is 0 Å². The first-order chi connectivity index (χ1) is 8.11. The summed E-state index contributed by atoms with van der Waals surface area (Å²) in [5, 5.41) is 10.0. The van der Waals surface area contributed by atoms with E-state index in [9.17, 15) is 13.9 Å². The molecule has 88 valence electrons. The number of rotatable bonds is 2. The Bertz CT molecular complexity index is 522. The Morgan fingerprint density at radius 2 is 1.76 bits per heavy atom. The molecule has 0 aliphatic carbocycles. The SMILES string of the molecule is Cc1ncccc1C(O)c1c(F)cccc1F.